The lowest BCUT2D eigenvalue weighted by Gasteiger charge is -2.25. The Balaban J connectivity index is 1.86. The number of aromatic nitrogens is 2. The van der Waals surface area contributed by atoms with E-state index in [0.717, 1.165) is 28.5 Å². The SMILES string of the molecule is CNc1nc(NCC2CCC2)c2ccsc2n1. The van der Waals surface area contributed by atoms with Gasteiger partial charge < -0.3 is 10.6 Å². The zero-order valence-electron chi connectivity index (χ0n) is 9.86. The normalized spacial score (nSPS) is 15.8. The lowest BCUT2D eigenvalue weighted by molar-refractivity contribution is 0.333. The van der Waals surface area contributed by atoms with E-state index in [1.54, 1.807) is 11.3 Å². The van der Waals surface area contributed by atoms with Crippen LogP contribution in [0.15, 0.2) is 11.4 Å². The Kier molecular flexibility index (Phi) is 2.84. The highest BCUT2D eigenvalue weighted by Gasteiger charge is 2.17. The van der Waals surface area contributed by atoms with Gasteiger partial charge in [0.25, 0.3) is 0 Å². The van der Waals surface area contributed by atoms with Gasteiger partial charge in [-0.3, -0.25) is 0 Å². The quantitative estimate of drug-likeness (QED) is 0.873. The van der Waals surface area contributed by atoms with Crippen LogP contribution in [0.5, 0.6) is 0 Å². The van der Waals surface area contributed by atoms with Crippen molar-refractivity contribution in [1.82, 2.24) is 9.97 Å². The zero-order chi connectivity index (χ0) is 11.7. The molecule has 0 aliphatic heterocycles. The number of thiophene rings is 1. The predicted octanol–water partition coefficient (Wildman–Crippen LogP) is 2.95. The topological polar surface area (TPSA) is 49.8 Å². The molecule has 2 heterocycles. The maximum absolute atomic E-state index is 4.50. The second-order valence-electron chi connectivity index (χ2n) is 4.46. The largest absolute Gasteiger partial charge is 0.369 e. The Morgan fingerprint density at radius 3 is 3.00 bits per heavy atom. The van der Waals surface area contributed by atoms with Gasteiger partial charge in [0.15, 0.2) is 0 Å². The summed E-state index contributed by atoms with van der Waals surface area (Å²) in [5, 5.41) is 9.67. The van der Waals surface area contributed by atoms with E-state index >= 15 is 0 Å². The van der Waals surface area contributed by atoms with E-state index in [0.29, 0.717) is 5.95 Å². The first kappa shape index (κ1) is 10.8. The van der Waals surface area contributed by atoms with Crippen LogP contribution in [0.1, 0.15) is 19.3 Å². The smallest absolute Gasteiger partial charge is 0.225 e. The van der Waals surface area contributed by atoms with Crippen molar-refractivity contribution in [3.05, 3.63) is 11.4 Å². The van der Waals surface area contributed by atoms with Gasteiger partial charge in [-0.1, -0.05) is 6.42 Å². The molecule has 0 bridgehead atoms. The second-order valence-corrected chi connectivity index (χ2v) is 5.36. The molecule has 0 spiro atoms. The van der Waals surface area contributed by atoms with Crippen LogP contribution in [0.3, 0.4) is 0 Å². The van der Waals surface area contributed by atoms with Gasteiger partial charge in [0.05, 0.1) is 5.39 Å². The van der Waals surface area contributed by atoms with Gasteiger partial charge in [-0.15, -0.1) is 11.3 Å². The highest BCUT2D eigenvalue weighted by molar-refractivity contribution is 7.16. The lowest BCUT2D eigenvalue weighted by Crippen LogP contribution is -2.21. The number of rotatable bonds is 4. The third kappa shape index (κ3) is 2.07. The van der Waals surface area contributed by atoms with Gasteiger partial charge in [-0.05, 0) is 30.2 Å². The summed E-state index contributed by atoms with van der Waals surface area (Å²) in [6.07, 6.45) is 4.08. The molecule has 0 radical (unpaired) electrons. The molecule has 0 atom stereocenters. The van der Waals surface area contributed by atoms with E-state index in [4.69, 9.17) is 0 Å². The average molecular weight is 248 g/mol. The molecule has 0 amide bonds. The van der Waals surface area contributed by atoms with Gasteiger partial charge in [0, 0.05) is 13.6 Å². The molecule has 1 aliphatic rings. The van der Waals surface area contributed by atoms with E-state index in [2.05, 4.69) is 32.0 Å². The van der Waals surface area contributed by atoms with Crippen molar-refractivity contribution in [2.75, 3.05) is 24.2 Å². The molecule has 1 saturated carbocycles. The zero-order valence-corrected chi connectivity index (χ0v) is 10.7. The summed E-state index contributed by atoms with van der Waals surface area (Å²) in [5.41, 5.74) is 0. The fraction of sp³-hybridized carbons (Fsp3) is 0.500. The van der Waals surface area contributed by atoms with Crippen molar-refractivity contribution in [3.63, 3.8) is 0 Å². The summed E-state index contributed by atoms with van der Waals surface area (Å²) in [7, 11) is 1.85. The van der Waals surface area contributed by atoms with Gasteiger partial charge in [0.1, 0.15) is 10.6 Å². The molecule has 17 heavy (non-hydrogen) atoms. The molecular weight excluding hydrogens is 232 g/mol. The van der Waals surface area contributed by atoms with Crippen LogP contribution in [0.2, 0.25) is 0 Å². The maximum atomic E-state index is 4.50. The molecule has 4 nitrogen and oxygen atoms in total. The summed E-state index contributed by atoms with van der Waals surface area (Å²) < 4.78 is 0. The molecule has 90 valence electrons. The van der Waals surface area contributed by atoms with Crippen LogP contribution in [-0.2, 0) is 0 Å². The molecule has 0 saturated heterocycles. The first-order chi connectivity index (χ1) is 8.36. The minimum atomic E-state index is 0.691. The molecule has 2 aromatic heterocycles. The third-order valence-corrected chi connectivity index (χ3v) is 4.14. The first-order valence-electron chi connectivity index (χ1n) is 6.03. The Labute approximate surface area is 104 Å². The lowest BCUT2D eigenvalue weighted by atomic mass is 9.85. The maximum Gasteiger partial charge on any atom is 0.225 e. The van der Waals surface area contributed by atoms with Gasteiger partial charge >= 0.3 is 0 Å². The molecule has 2 aromatic rings. The minimum absolute atomic E-state index is 0.691. The van der Waals surface area contributed by atoms with Crippen molar-refractivity contribution in [2.24, 2.45) is 5.92 Å². The Morgan fingerprint density at radius 2 is 2.29 bits per heavy atom. The number of hydrogen-bond acceptors (Lipinski definition) is 5. The van der Waals surface area contributed by atoms with Crippen LogP contribution < -0.4 is 10.6 Å². The van der Waals surface area contributed by atoms with Gasteiger partial charge in [-0.2, -0.15) is 4.98 Å². The Bertz CT molecular complexity index is 518. The van der Waals surface area contributed by atoms with E-state index < -0.39 is 0 Å². The van der Waals surface area contributed by atoms with Crippen molar-refractivity contribution >= 4 is 33.3 Å². The summed E-state index contributed by atoms with van der Waals surface area (Å²) in [4.78, 5) is 9.97. The number of hydrogen-bond donors (Lipinski definition) is 2. The van der Waals surface area contributed by atoms with E-state index in [1.807, 2.05) is 7.05 Å². The Morgan fingerprint density at radius 1 is 1.41 bits per heavy atom. The standard InChI is InChI=1S/C12H16N4S/c1-13-12-15-10(14-7-8-3-2-4-8)9-5-6-17-11(9)16-12/h5-6,8H,2-4,7H2,1H3,(H2,13,14,15,16). The van der Waals surface area contributed by atoms with Crippen molar-refractivity contribution in [1.29, 1.82) is 0 Å². The van der Waals surface area contributed by atoms with Crippen LogP contribution in [0.4, 0.5) is 11.8 Å². The van der Waals surface area contributed by atoms with Crippen molar-refractivity contribution in [3.8, 4) is 0 Å². The summed E-state index contributed by atoms with van der Waals surface area (Å²) in [6.45, 7) is 1.03. The van der Waals surface area contributed by atoms with E-state index in [9.17, 15) is 0 Å². The van der Waals surface area contributed by atoms with Gasteiger partial charge in [0.2, 0.25) is 5.95 Å². The summed E-state index contributed by atoms with van der Waals surface area (Å²) >= 11 is 1.65. The van der Waals surface area contributed by atoms with Crippen molar-refractivity contribution in [2.45, 2.75) is 19.3 Å². The molecule has 1 aliphatic carbocycles. The number of fused-ring (bicyclic) bond motifs is 1. The number of nitrogens with one attached hydrogen (secondary N) is 2. The number of nitrogens with zero attached hydrogens (tertiary/aromatic N) is 2. The molecule has 3 rings (SSSR count). The molecule has 2 N–H and O–H groups in total. The van der Waals surface area contributed by atoms with Crippen LogP contribution in [0, 0.1) is 5.92 Å². The van der Waals surface area contributed by atoms with Crippen LogP contribution >= 0.6 is 11.3 Å². The van der Waals surface area contributed by atoms with Crippen molar-refractivity contribution < 1.29 is 0 Å². The highest BCUT2D eigenvalue weighted by atomic mass is 32.1. The summed E-state index contributed by atoms with van der Waals surface area (Å²) in [6, 6.07) is 2.09. The minimum Gasteiger partial charge on any atom is -0.369 e. The van der Waals surface area contributed by atoms with Crippen LogP contribution in [-0.4, -0.2) is 23.6 Å². The fourth-order valence-corrected chi connectivity index (χ4v) is 2.80. The molecular formula is C12H16N4S. The molecule has 0 aromatic carbocycles. The monoisotopic (exact) mass is 248 g/mol. The second kappa shape index (κ2) is 4.49. The highest BCUT2D eigenvalue weighted by Crippen LogP contribution is 2.29. The number of anilines is 2. The van der Waals surface area contributed by atoms with Gasteiger partial charge in [-0.25, -0.2) is 4.98 Å². The van der Waals surface area contributed by atoms with Crippen LogP contribution in [0.25, 0.3) is 10.2 Å². The fourth-order valence-electron chi connectivity index (χ4n) is 2.04. The first-order valence-corrected chi connectivity index (χ1v) is 6.91. The molecule has 1 fully saturated rings. The van der Waals surface area contributed by atoms with E-state index in [-0.39, 0.29) is 0 Å². The molecule has 5 heteroatoms. The molecule has 0 unspecified atom stereocenters. The Hall–Kier alpha value is -1.36. The third-order valence-electron chi connectivity index (χ3n) is 3.33. The summed E-state index contributed by atoms with van der Waals surface area (Å²) in [5.74, 6) is 2.49. The average Bonchev–Trinajstić information content (AvgIpc) is 2.74. The predicted molar refractivity (Wildman–Crippen MR) is 72.8 cm³/mol. The van der Waals surface area contributed by atoms with E-state index in [1.165, 1.54) is 19.3 Å².